The smallest absolute Gasteiger partial charge is 0.271 e. The van der Waals surface area contributed by atoms with Crippen LogP contribution in [0.3, 0.4) is 0 Å². The van der Waals surface area contributed by atoms with Gasteiger partial charge < -0.3 is 10.4 Å². The second kappa shape index (κ2) is 5.20. The number of halogens is 1. The topological polar surface area (TPSA) is 67.2 Å². The quantitative estimate of drug-likeness (QED) is 0.881. The number of carbonyl (C=O) groups excluding carboxylic acids is 1. The molecule has 0 bridgehead atoms. The standard InChI is InChI=1S/C12H12ClN3O2/c1-14-12(18)10-5-6-16(15-10)11-4-2-3-9(13)8(11)7-17/h2-6,17H,7H2,1H3,(H,14,18). The maximum absolute atomic E-state index is 11.4. The average Bonchev–Trinajstić information content (AvgIpc) is 2.87. The van der Waals surface area contributed by atoms with Crippen molar-refractivity contribution in [3.8, 4) is 5.69 Å². The zero-order valence-electron chi connectivity index (χ0n) is 9.72. The molecule has 6 heteroatoms. The fraction of sp³-hybridized carbons (Fsp3) is 0.167. The third-order valence-electron chi connectivity index (χ3n) is 2.55. The van der Waals surface area contributed by atoms with E-state index in [1.807, 2.05) is 0 Å². The summed E-state index contributed by atoms with van der Waals surface area (Å²) in [5, 5.41) is 16.4. The van der Waals surface area contributed by atoms with Crippen LogP contribution in [0.25, 0.3) is 5.69 Å². The van der Waals surface area contributed by atoms with Gasteiger partial charge in [0.1, 0.15) is 0 Å². The van der Waals surface area contributed by atoms with E-state index in [0.717, 1.165) is 0 Å². The Morgan fingerprint density at radius 1 is 1.50 bits per heavy atom. The Morgan fingerprint density at radius 2 is 2.28 bits per heavy atom. The molecule has 2 N–H and O–H groups in total. The van der Waals surface area contributed by atoms with Crippen LogP contribution >= 0.6 is 11.6 Å². The van der Waals surface area contributed by atoms with Crippen LogP contribution in [-0.4, -0.2) is 27.8 Å². The van der Waals surface area contributed by atoms with E-state index in [4.69, 9.17) is 11.6 Å². The first-order valence-corrected chi connectivity index (χ1v) is 5.71. The summed E-state index contributed by atoms with van der Waals surface area (Å²) < 4.78 is 1.52. The van der Waals surface area contributed by atoms with E-state index < -0.39 is 0 Å². The van der Waals surface area contributed by atoms with E-state index in [1.54, 1.807) is 37.5 Å². The number of hydrogen-bond acceptors (Lipinski definition) is 3. The van der Waals surface area contributed by atoms with Crippen LogP contribution in [-0.2, 0) is 6.61 Å². The lowest BCUT2D eigenvalue weighted by Crippen LogP contribution is -2.18. The number of aliphatic hydroxyl groups excluding tert-OH is 1. The SMILES string of the molecule is CNC(=O)c1ccn(-c2cccc(Cl)c2CO)n1. The highest BCUT2D eigenvalue weighted by Crippen LogP contribution is 2.22. The fourth-order valence-electron chi connectivity index (χ4n) is 1.63. The molecule has 0 aliphatic heterocycles. The van der Waals surface area contributed by atoms with Gasteiger partial charge in [0.05, 0.1) is 12.3 Å². The first kappa shape index (κ1) is 12.6. The van der Waals surface area contributed by atoms with Gasteiger partial charge in [0.15, 0.2) is 5.69 Å². The highest BCUT2D eigenvalue weighted by atomic mass is 35.5. The molecule has 1 aromatic carbocycles. The van der Waals surface area contributed by atoms with Crippen molar-refractivity contribution in [2.24, 2.45) is 0 Å². The highest BCUT2D eigenvalue weighted by molar-refractivity contribution is 6.31. The maximum Gasteiger partial charge on any atom is 0.271 e. The van der Waals surface area contributed by atoms with Gasteiger partial charge in [-0.3, -0.25) is 4.79 Å². The van der Waals surface area contributed by atoms with Gasteiger partial charge in [-0.15, -0.1) is 0 Å². The number of benzene rings is 1. The van der Waals surface area contributed by atoms with Crippen molar-refractivity contribution in [3.63, 3.8) is 0 Å². The molecular formula is C12H12ClN3O2. The van der Waals surface area contributed by atoms with Gasteiger partial charge in [-0.1, -0.05) is 17.7 Å². The van der Waals surface area contributed by atoms with Crippen LogP contribution in [0.4, 0.5) is 0 Å². The number of nitrogens with zero attached hydrogens (tertiary/aromatic N) is 2. The van der Waals surface area contributed by atoms with Crippen molar-refractivity contribution in [1.82, 2.24) is 15.1 Å². The molecular weight excluding hydrogens is 254 g/mol. The molecule has 1 amide bonds. The van der Waals surface area contributed by atoms with Crippen molar-refractivity contribution in [2.75, 3.05) is 7.05 Å². The molecule has 2 aromatic rings. The Kier molecular flexibility index (Phi) is 3.64. The number of aliphatic hydroxyl groups is 1. The molecule has 0 fully saturated rings. The van der Waals surface area contributed by atoms with E-state index in [-0.39, 0.29) is 12.5 Å². The molecule has 94 valence electrons. The van der Waals surface area contributed by atoms with Gasteiger partial charge in [-0.2, -0.15) is 5.10 Å². The molecule has 1 aromatic heterocycles. The third kappa shape index (κ3) is 2.23. The predicted octanol–water partition coefficient (Wildman–Crippen LogP) is 1.38. The van der Waals surface area contributed by atoms with Crippen LogP contribution in [0.15, 0.2) is 30.5 Å². The molecule has 0 unspecified atom stereocenters. The van der Waals surface area contributed by atoms with E-state index in [9.17, 15) is 9.90 Å². The van der Waals surface area contributed by atoms with Crippen molar-refractivity contribution >= 4 is 17.5 Å². The Balaban J connectivity index is 2.46. The molecule has 0 aliphatic rings. The van der Waals surface area contributed by atoms with Crippen molar-refractivity contribution in [2.45, 2.75) is 6.61 Å². The minimum Gasteiger partial charge on any atom is -0.392 e. The lowest BCUT2D eigenvalue weighted by molar-refractivity contribution is 0.0957. The lowest BCUT2D eigenvalue weighted by atomic mass is 10.2. The first-order valence-electron chi connectivity index (χ1n) is 5.33. The summed E-state index contributed by atoms with van der Waals surface area (Å²) in [4.78, 5) is 11.4. The summed E-state index contributed by atoms with van der Waals surface area (Å²) in [6.45, 7) is -0.190. The lowest BCUT2D eigenvalue weighted by Gasteiger charge is -2.08. The number of rotatable bonds is 3. The molecule has 5 nitrogen and oxygen atoms in total. The number of aromatic nitrogens is 2. The van der Waals surface area contributed by atoms with E-state index in [1.165, 1.54) is 4.68 Å². The Hall–Kier alpha value is -1.85. The second-order valence-corrected chi connectivity index (χ2v) is 4.03. The fourth-order valence-corrected chi connectivity index (χ4v) is 1.86. The second-order valence-electron chi connectivity index (χ2n) is 3.62. The number of amides is 1. The largest absolute Gasteiger partial charge is 0.392 e. The zero-order chi connectivity index (χ0) is 13.1. The normalized spacial score (nSPS) is 10.4. The molecule has 0 radical (unpaired) electrons. The van der Waals surface area contributed by atoms with Gasteiger partial charge in [0.25, 0.3) is 5.91 Å². The molecule has 0 saturated carbocycles. The molecule has 18 heavy (non-hydrogen) atoms. The number of hydrogen-bond donors (Lipinski definition) is 2. The van der Waals surface area contributed by atoms with Crippen molar-refractivity contribution in [1.29, 1.82) is 0 Å². The molecule has 2 rings (SSSR count). The van der Waals surface area contributed by atoms with Crippen LogP contribution in [0.5, 0.6) is 0 Å². The van der Waals surface area contributed by atoms with Crippen molar-refractivity contribution < 1.29 is 9.90 Å². The summed E-state index contributed by atoms with van der Waals surface area (Å²) in [7, 11) is 1.54. The van der Waals surface area contributed by atoms with E-state index >= 15 is 0 Å². The van der Waals surface area contributed by atoms with Crippen LogP contribution in [0.1, 0.15) is 16.1 Å². The van der Waals surface area contributed by atoms with Crippen molar-refractivity contribution in [3.05, 3.63) is 46.7 Å². The average molecular weight is 266 g/mol. The van der Waals surface area contributed by atoms with Gasteiger partial charge in [-0.25, -0.2) is 4.68 Å². The summed E-state index contributed by atoms with van der Waals surface area (Å²) in [5.41, 5.74) is 1.53. The molecule has 0 saturated heterocycles. The minimum absolute atomic E-state index is 0.190. The Morgan fingerprint density at radius 3 is 2.94 bits per heavy atom. The van der Waals surface area contributed by atoms with Crippen LogP contribution in [0, 0.1) is 0 Å². The molecule has 0 atom stereocenters. The molecule has 0 aliphatic carbocycles. The molecule has 0 spiro atoms. The van der Waals surface area contributed by atoms with Gasteiger partial charge >= 0.3 is 0 Å². The van der Waals surface area contributed by atoms with Crippen LogP contribution in [0.2, 0.25) is 5.02 Å². The summed E-state index contributed by atoms with van der Waals surface area (Å²) in [6.07, 6.45) is 1.65. The summed E-state index contributed by atoms with van der Waals surface area (Å²) in [5.74, 6) is -0.263. The monoisotopic (exact) mass is 265 g/mol. The van der Waals surface area contributed by atoms with Gasteiger partial charge in [0.2, 0.25) is 0 Å². The summed E-state index contributed by atoms with van der Waals surface area (Å²) in [6, 6.07) is 6.83. The van der Waals surface area contributed by atoms with Crippen LogP contribution < -0.4 is 5.32 Å². The first-order chi connectivity index (χ1) is 8.67. The maximum atomic E-state index is 11.4. The predicted molar refractivity (Wildman–Crippen MR) is 67.9 cm³/mol. The molecule has 1 heterocycles. The van der Waals surface area contributed by atoms with Gasteiger partial charge in [-0.05, 0) is 18.2 Å². The number of nitrogens with one attached hydrogen (secondary N) is 1. The minimum atomic E-state index is -0.263. The van der Waals surface area contributed by atoms with E-state index in [2.05, 4.69) is 10.4 Å². The number of carbonyl (C=O) groups is 1. The summed E-state index contributed by atoms with van der Waals surface area (Å²) >= 11 is 6.00. The van der Waals surface area contributed by atoms with Gasteiger partial charge in [0, 0.05) is 23.8 Å². The van der Waals surface area contributed by atoms with E-state index in [0.29, 0.717) is 22.0 Å². The highest BCUT2D eigenvalue weighted by Gasteiger charge is 2.11. The zero-order valence-corrected chi connectivity index (χ0v) is 10.5. The third-order valence-corrected chi connectivity index (χ3v) is 2.90. The Labute approximate surface area is 109 Å². The Bertz CT molecular complexity index is 580.